The Kier molecular flexibility index (Phi) is 8.48. The van der Waals surface area contributed by atoms with Crippen molar-refractivity contribution in [1.82, 2.24) is 19.8 Å². The maximum absolute atomic E-state index is 4.70. The van der Waals surface area contributed by atoms with Crippen LogP contribution in [0.25, 0.3) is 22.5 Å². The van der Waals surface area contributed by atoms with Crippen molar-refractivity contribution in [3.05, 3.63) is 105 Å². The Balaban J connectivity index is 1.18. The Bertz CT molecular complexity index is 1450. The molecular weight excluding hydrogens is 488 g/mol. The van der Waals surface area contributed by atoms with E-state index in [0.717, 1.165) is 37.6 Å². The number of pyridine rings is 2. The van der Waals surface area contributed by atoms with Gasteiger partial charge in [-0.15, -0.1) is 0 Å². The number of benzene rings is 2. The van der Waals surface area contributed by atoms with Crippen LogP contribution in [-0.4, -0.2) is 45.9 Å². The molecule has 1 aliphatic rings. The second-order valence-corrected chi connectivity index (χ2v) is 12.0. The molecule has 3 heterocycles. The van der Waals surface area contributed by atoms with Crippen molar-refractivity contribution in [2.24, 2.45) is 0 Å². The van der Waals surface area contributed by atoms with E-state index in [0.29, 0.717) is 6.04 Å². The van der Waals surface area contributed by atoms with Gasteiger partial charge in [0.1, 0.15) is 0 Å². The summed E-state index contributed by atoms with van der Waals surface area (Å²) in [5.74, 6) is 0. The van der Waals surface area contributed by atoms with Crippen LogP contribution in [0.2, 0.25) is 0 Å². The molecule has 0 saturated carbocycles. The molecule has 4 nitrogen and oxygen atoms in total. The van der Waals surface area contributed by atoms with Crippen LogP contribution < -0.4 is 0 Å². The van der Waals surface area contributed by atoms with Crippen molar-refractivity contribution < 1.29 is 0 Å². The van der Waals surface area contributed by atoms with Gasteiger partial charge < -0.3 is 0 Å². The maximum atomic E-state index is 4.70. The van der Waals surface area contributed by atoms with E-state index >= 15 is 0 Å². The minimum absolute atomic E-state index is 0.600. The van der Waals surface area contributed by atoms with E-state index in [-0.39, 0.29) is 0 Å². The van der Waals surface area contributed by atoms with Gasteiger partial charge in [-0.3, -0.25) is 19.8 Å². The van der Waals surface area contributed by atoms with Crippen molar-refractivity contribution in [2.75, 3.05) is 20.1 Å². The summed E-state index contributed by atoms with van der Waals surface area (Å²) >= 11 is 0. The zero-order valence-corrected chi connectivity index (χ0v) is 25.4. The fourth-order valence-electron chi connectivity index (χ4n) is 6.02. The van der Waals surface area contributed by atoms with E-state index < -0.39 is 0 Å². The lowest BCUT2D eigenvalue weighted by molar-refractivity contribution is 0.119. The minimum atomic E-state index is 0.600. The lowest BCUT2D eigenvalue weighted by Crippen LogP contribution is -2.42. The Morgan fingerprint density at radius 3 is 1.62 bits per heavy atom. The van der Waals surface area contributed by atoms with Crippen LogP contribution >= 0.6 is 0 Å². The SMILES string of the molecule is Cc1cc(-c2cc(CN3CCC(N(C)Cc4ccnc(-c5cc(C)c(C)c(C)c5)c4)CC3)ccn2)cc(C)c1C. The highest BCUT2D eigenvalue weighted by molar-refractivity contribution is 5.64. The third kappa shape index (κ3) is 6.35. The van der Waals surface area contributed by atoms with Crippen molar-refractivity contribution in [3.63, 3.8) is 0 Å². The number of likely N-dealkylation sites (tertiary alicyclic amines) is 1. The van der Waals surface area contributed by atoms with Gasteiger partial charge in [-0.2, -0.15) is 0 Å². The summed E-state index contributed by atoms with van der Waals surface area (Å²) in [7, 11) is 2.28. The number of aryl methyl sites for hydroxylation is 4. The van der Waals surface area contributed by atoms with E-state index in [9.17, 15) is 0 Å². The van der Waals surface area contributed by atoms with Gasteiger partial charge >= 0.3 is 0 Å². The lowest BCUT2D eigenvalue weighted by Gasteiger charge is -2.37. The number of nitrogens with zero attached hydrogens (tertiary/aromatic N) is 4. The average Bonchev–Trinajstić information content (AvgIpc) is 2.94. The van der Waals surface area contributed by atoms with Gasteiger partial charge in [0, 0.05) is 42.7 Å². The van der Waals surface area contributed by atoms with Crippen LogP contribution in [0.3, 0.4) is 0 Å². The van der Waals surface area contributed by atoms with Crippen molar-refractivity contribution in [1.29, 1.82) is 0 Å². The number of aromatic nitrogens is 2. The molecule has 1 fully saturated rings. The molecule has 208 valence electrons. The standard InChI is InChI=1S/C36H44N4/c1-24-16-32(17-25(2)28(24)5)35-20-30(8-12-37-35)22-39(7)34-10-14-40(15-11-34)23-31-9-13-38-36(21-31)33-18-26(3)29(6)27(4)19-33/h8-9,12-13,16-21,34H,10-11,14-15,22-23H2,1-7H3. The van der Waals surface area contributed by atoms with Crippen LogP contribution in [0.5, 0.6) is 0 Å². The van der Waals surface area contributed by atoms with Crippen LogP contribution in [-0.2, 0) is 13.1 Å². The predicted octanol–water partition coefficient (Wildman–Crippen LogP) is 7.76. The summed E-state index contributed by atoms with van der Waals surface area (Å²) in [6.07, 6.45) is 6.32. The molecular formula is C36H44N4. The molecule has 4 heteroatoms. The summed E-state index contributed by atoms with van der Waals surface area (Å²) < 4.78 is 0. The Morgan fingerprint density at radius 1 is 0.675 bits per heavy atom. The molecule has 2 aromatic carbocycles. The summed E-state index contributed by atoms with van der Waals surface area (Å²) in [5.41, 5.74) is 15.3. The first kappa shape index (κ1) is 28.2. The molecule has 0 bridgehead atoms. The van der Waals surface area contributed by atoms with Crippen LogP contribution in [0.15, 0.2) is 60.9 Å². The first-order valence-electron chi connectivity index (χ1n) is 14.7. The summed E-state index contributed by atoms with van der Waals surface area (Å²) in [6.45, 7) is 17.3. The fourth-order valence-corrected chi connectivity index (χ4v) is 6.02. The number of hydrogen-bond acceptors (Lipinski definition) is 4. The van der Waals surface area contributed by atoms with Crippen LogP contribution in [0.4, 0.5) is 0 Å². The molecule has 0 spiro atoms. The maximum Gasteiger partial charge on any atom is 0.0705 e. The van der Waals surface area contributed by atoms with Gasteiger partial charge in [-0.05, 0) is 168 Å². The van der Waals surface area contributed by atoms with Crippen molar-refractivity contribution in [3.8, 4) is 22.5 Å². The zero-order chi connectivity index (χ0) is 28.4. The Hall–Kier alpha value is -3.34. The summed E-state index contributed by atoms with van der Waals surface area (Å²) in [4.78, 5) is 14.5. The van der Waals surface area contributed by atoms with Gasteiger partial charge in [0.15, 0.2) is 0 Å². The fraction of sp³-hybridized carbons (Fsp3) is 0.389. The van der Waals surface area contributed by atoms with Gasteiger partial charge in [0.25, 0.3) is 0 Å². The molecule has 40 heavy (non-hydrogen) atoms. The molecule has 0 unspecified atom stereocenters. The molecule has 0 atom stereocenters. The first-order chi connectivity index (χ1) is 19.2. The van der Waals surface area contributed by atoms with Gasteiger partial charge in [-0.25, -0.2) is 0 Å². The van der Waals surface area contributed by atoms with E-state index in [4.69, 9.17) is 9.97 Å². The van der Waals surface area contributed by atoms with Crippen LogP contribution in [0, 0.1) is 41.5 Å². The normalized spacial score (nSPS) is 14.7. The highest BCUT2D eigenvalue weighted by Gasteiger charge is 2.23. The Labute approximate surface area is 241 Å². The second kappa shape index (κ2) is 12.0. The molecule has 0 radical (unpaired) electrons. The quantitative estimate of drug-likeness (QED) is 0.243. The van der Waals surface area contributed by atoms with Crippen molar-refractivity contribution in [2.45, 2.75) is 73.5 Å². The average molecular weight is 533 g/mol. The molecule has 0 amide bonds. The van der Waals surface area contributed by atoms with E-state index in [1.807, 2.05) is 12.4 Å². The monoisotopic (exact) mass is 532 g/mol. The molecule has 0 aliphatic carbocycles. The van der Waals surface area contributed by atoms with Gasteiger partial charge in [0.05, 0.1) is 11.4 Å². The molecule has 5 rings (SSSR count). The van der Waals surface area contributed by atoms with Gasteiger partial charge in [0.2, 0.25) is 0 Å². The minimum Gasteiger partial charge on any atom is -0.299 e. The number of rotatable bonds is 7. The van der Waals surface area contributed by atoms with Gasteiger partial charge in [-0.1, -0.05) is 0 Å². The zero-order valence-electron chi connectivity index (χ0n) is 25.4. The highest BCUT2D eigenvalue weighted by Crippen LogP contribution is 2.27. The number of piperidine rings is 1. The largest absolute Gasteiger partial charge is 0.299 e. The molecule has 1 aliphatic heterocycles. The van der Waals surface area contributed by atoms with Crippen LogP contribution in [0.1, 0.15) is 57.3 Å². The predicted molar refractivity (Wildman–Crippen MR) is 168 cm³/mol. The molecule has 4 aromatic rings. The lowest BCUT2D eigenvalue weighted by atomic mass is 9.98. The summed E-state index contributed by atoms with van der Waals surface area (Å²) in [6, 6.07) is 18.6. The highest BCUT2D eigenvalue weighted by atomic mass is 15.2. The molecule has 0 N–H and O–H groups in total. The van der Waals surface area contributed by atoms with E-state index in [1.54, 1.807) is 0 Å². The molecule has 1 saturated heterocycles. The first-order valence-corrected chi connectivity index (χ1v) is 14.7. The Morgan fingerprint density at radius 2 is 1.12 bits per heavy atom. The van der Waals surface area contributed by atoms with E-state index in [1.165, 1.54) is 68.5 Å². The van der Waals surface area contributed by atoms with E-state index in [2.05, 4.69) is 107 Å². The second-order valence-electron chi connectivity index (χ2n) is 12.0. The smallest absolute Gasteiger partial charge is 0.0705 e. The third-order valence-electron chi connectivity index (χ3n) is 9.11. The third-order valence-corrected chi connectivity index (χ3v) is 9.11. The number of hydrogen-bond donors (Lipinski definition) is 0. The van der Waals surface area contributed by atoms with Crippen molar-refractivity contribution >= 4 is 0 Å². The summed E-state index contributed by atoms with van der Waals surface area (Å²) in [5, 5.41) is 0. The molecule has 2 aromatic heterocycles. The topological polar surface area (TPSA) is 32.3 Å².